The predicted molar refractivity (Wildman–Crippen MR) is 91.0 cm³/mol. The molecule has 4 nitrogen and oxygen atoms in total. The zero-order valence-electron chi connectivity index (χ0n) is 12.8. The van der Waals surface area contributed by atoms with Crippen molar-refractivity contribution in [2.75, 3.05) is 5.01 Å². The van der Waals surface area contributed by atoms with Crippen LogP contribution in [0.15, 0.2) is 48.0 Å². The number of nitrogens with one attached hydrogen (secondary N) is 1. The number of carbonyl (C=O) groups is 2. The molecule has 0 unspecified atom stereocenters. The molecule has 1 N–H and O–H groups in total. The third kappa shape index (κ3) is 2.98. The average Bonchev–Trinajstić information content (AvgIpc) is 2.80. The molecule has 0 aliphatic carbocycles. The van der Waals surface area contributed by atoms with Gasteiger partial charge in [-0.1, -0.05) is 47.5 Å². The maximum atomic E-state index is 12.5. The van der Waals surface area contributed by atoms with E-state index < -0.39 is 11.8 Å². The van der Waals surface area contributed by atoms with E-state index in [-0.39, 0.29) is 5.57 Å². The van der Waals surface area contributed by atoms with Crippen LogP contribution in [0, 0.1) is 13.8 Å². The summed E-state index contributed by atoms with van der Waals surface area (Å²) in [7, 11) is 0. The van der Waals surface area contributed by atoms with E-state index in [9.17, 15) is 9.59 Å². The summed E-state index contributed by atoms with van der Waals surface area (Å²) in [5, 5.41) is 1.76. The van der Waals surface area contributed by atoms with Crippen LogP contribution in [-0.2, 0) is 9.59 Å². The van der Waals surface area contributed by atoms with Gasteiger partial charge in [-0.2, -0.15) is 0 Å². The molecule has 2 aromatic carbocycles. The van der Waals surface area contributed by atoms with Gasteiger partial charge in [0.15, 0.2) is 0 Å². The average molecular weight is 327 g/mol. The Morgan fingerprint density at radius 3 is 2.39 bits per heavy atom. The lowest BCUT2D eigenvalue weighted by Crippen LogP contribution is -2.35. The highest BCUT2D eigenvalue weighted by molar-refractivity contribution is 6.33. The lowest BCUT2D eigenvalue weighted by atomic mass is 10.1. The van der Waals surface area contributed by atoms with Gasteiger partial charge in [0.1, 0.15) is 5.57 Å². The smallest absolute Gasteiger partial charge is 0.267 e. The quantitative estimate of drug-likeness (QED) is 0.679. The van der Waals surface area contributed by atoms with Gasteiger partial charge in [-0.3, -0.25) is 15.0 Å². The van der Waals surface area contributed by atoms with Crippen LogP contribution in [-0.4, -0.2) is 11.8 Å². The fraction of sp³-hybridized carbons (Fsp3) is 0.111. The zero-order valence-corrected chi connectivity index (χ0v) is 13.5. The normalized spacial score (nSPS) is 16.1. The number of benzene rings is 2. The fourth-order valence-electron chi connectivity index (χ4n) is 2.29. The van der Waals surface area contributed by atoms with Crippen molar-refractivity contribution in [2.45, 2.75) is 13.8 Å². The lowest BCUT2D eigenvalue weighted by molar-refractivity contribution is -0.117. The molecule has 1 aliphatic rings. The SMILES string of the molecule is Cc1ccc(C=C2C(=O)NN(c3ccc(C)c(Cl)c3)C2=O)cc1. The second-order valence-electron chi connectivity index (χ2n) is 5.48. The molecule has 1 fully saturated rings. The molecular formula is C18H15ClN2O2. The highest BCUT2D eigenvalue weighted by Crippen LogP contribution is 2.26. The summed E-state index contributed by atoms with van der Waals surface area (Å²) < 4.78 is 0. The van der Waals surface area contributed by atoms with Crippen LogP contribution in [0.5, 0.6) is 0 Å². The standard InChI is InChI=1S/C18H15ClN2O2/c1-11-3-6-13(7-4-11)9-15-17(22)20-21(18(15)23)14-8-5-12(2)16(19)10-14/h3-10H,1-2H3,(H,20,22). The van der Waals surface area contributed by atoms with Gasteiger partial charge in [0, 0.05) is 5.02 Å². The molecule has 0 atom stereocenters. The minimum atomic E-state index is -0.424. The molecule has 5 heteroatoms. The number of nitrogens with zero attached hydrogens (tertiary/aromatic N) is 1. The van der Waals surface area contributed by atoms with Crippen LogP contribution in [0.4, 0.5) is 5.69 Å². The molecule has 0 bridgehead atoms. The van der Waals surface area contributed by atoms with E-state index in [2.05, 4.69) is 5.43 Å². The zero-order chi connectivity index (χ0) is 16.6. The Labute approximate surface area is 139 Å². The molecule has 116 valence electrons. The van der Waals surface area contributed by atoms with Gasteiger partial charge in [-0.05, 0) is 43.2 Å². The summed E-state index contributed by atoms with van der Waals surface area (Å²) in [5.41, 5.74) is 6.03. The van der Waals surface area contributed by atoms with E-state index in [0.29, 0.717) is 10.7 Å². The van der Waals surface area contributed by atoms with Gasteiger partial charge in [-0.25, -0.2) is 5.01 Å². The van der Waals surface area contributed by atoms with E-state index in [4.69, 9.17) is 11.6 Å². The molecule has 3 rings (SSSR count). The Morgan fingerprint density at radius 2 is 1.74 bits per heavy atom. The maximum absolute atomic E-state index is 12.5. The van der Waals surface area contributed by atoms with Crippen molar-refractivity contribution in [1.29, 1.82) is 0 Å². The fourth-order valence-corrected chi connectivity index (χ4v) is 2.46. The van der Waals surface area contributed by atoms with Crippen LogP contribution in [0.1, 0.15) is 16.7 Å². The molecule has 0 spiro atoms. The first kappa shape index (κ1) is 15.3. The van der Waals surface area contributed by atoms with E-state index in [1.54, 1.807) is 24.3 Å². The molecule has 1 heterocycles. The number of carbonyl (C=O) groups excluding carboxylic acids is 2. The first-order chi connectivity index (χ1) is 11.0. The summed E-state index contributed by atoms with van der Waals surface area (Å²) in [6, 6.07) is 12.8. The number of aryl methyl sites for hydroxylation is 2. The van der Waals surface area contributed by atoms with Crippen LogP contribution in [0.3, 0.4) is 0 Å². The predicted octanol–water partition coefficient (Wildman–Crippen LogP) is 3.42. The molecule has 0 aromatic heterocycles. The van der Waals surface area contributed by atoms with Gasteiger partial charge in [0.25, 0.3) is 11.8 Å². The van der Waals surface area contributed by atoms with Crippen molar-refractivity contribution in [3.8, 4) is 0 Å². The van der Waals surface area contributed by atoms with Crippen molar-refractivity contribution in [2.24, 2.45) is 0 Å². The Kier molecular flexibility index (Phi) is 3.92. The summed E-state index contributed by atoms with van der Waals surface area (Å²) in [6.45, 7) is 3.85. The number of hydrogen-bond donors (Lipinski definition) is 1. The highest BCUT2D eigenvalue weighted by atomic mass is 35.5. The van der Waals surface area contributed by atoms with E-state index in [0.717, 1.165) is 16.7 Å². The first-order valence-electron chi connectivity index (χ1n) is 7.15. The Bertz CT molecular complexity index is 825. The Balaban J connectivity index is 1.93. The molecule has 2 aromatic rings. The van der Waals surface area contributed by atoms with E-state index in [1.807, 2.05) is 38.1 Å². The summed E-state index contributed by atoms with van der Waals surface area (Å²) in [6.07, 6.45) is 1.59. The number of halogens is 1. The molecule has 0 saturated carbocycles. The minimum absolute atomic E-state index is 0.102. The first-order valence-corrected chi connectivity index (χ1v) is 7.53. The van der Waals surface area contributed by atoms with E-state index in [1.165, 1.54) is 5.01 Å². The van der Waals surface area contributed by atoms with E-state index >= 15 is 0 Å². The lowest BCUT2D eigenvalue weighted by Gasteiger charge is -2.15. The van der Waals surface area contributed by atoms with Gasteiger partial charge < -0.3 is 0 Å². The van der Waals surface area contributed by atoms with Gasteiger partial charge >= 0.3 is 0 Å². The van der Waals surface area contributed by atoms with Crippen molar-refractivity contribution < 1.29 is 9.59 Å². The second-order valence-corrected chi connectivity index (χ2v) is 5.89. The van der Waals surface area contributed by atoms with Gasteiger partial charge in [0.2, 0.25) is 0 Å². The molecule has 2 amide bonds. The largest absolute Gasteiger partial charge is 0.282 e. The number of rotatable bonds is 2. The molecular weight excluding hydrogens is 312 g/mol. The van der Waals surface area contributed by atoms with Crippen molar-refractivity contribution in [1.82, 2.24) is 5.43 Å². The van der Waals surface area contributed by atoms with Crippen molar-refractivity contribution in [3.05, 3.63) is 69.8 Å². The molecule has 0 radical (unpaired) electrons. The molecule has 1 aliphatic heterocycles. The topological polar surface area (TPSA) is 49.4 Å². The second kappa shape index (κ2) is 5.89. The van der Waals surface area contributed by atoms with Crippen LogP contribution >= 0.6 is 11.6 Å². The summed E-state index contributed by atoms with van der Waals surface area (Å²) in [4.78, 5) is 24.6. The maximum Gasteiger partial charge on any atom is 0.282 e. The van der Waals surface area contributed by atoms with Crippen molar-refractivity contribution in [3.63, 3.8) is 0 Å². The summed E-state index contributed by atoms with van der Waals surface area (Å²) >= 11 is 6.09. The molecule has 1 saturated heterocycles. The third-order valence-corrected chi connectivity index (χ3v) is 4.10. The van der Waals surface area contributed by atoms with Gasteiger partial charge in [0.05, 0.1) is 5.69 Å². The number of hydrazine groups is 1. The Hall–Kier alpha value is -2.59. The molecule has 23 heavy (non-hydrogen) atoms. The van der Waals surface area contributed by atoms with Crippen molar-refractivity contribution >= 4 is 35.2 Å². The summed E-state index contributed by atoms with van der Waals surface area (Å²) in [5.74, 6) is -0.817. The Morgan fingerprint density at radius 1 is 1.04 bits per heavy atom. The number of hydrogen-bond acceptors (Lipinski definition) is 2. The van der Waals surface area contributed by atoms with Crippen LogP contribution in [0.25, 0.3) is 6.08 Å². The van der Waals surface area contributed by atoms with Gasteiger partial charge in [-0.15, -0.1) is 0 Å². The number of amides is 2. The van der Waals surface area contributed by atoms with Crippen LogP contribution in [0.2, 0.25) is 5.02 Å². The monoisotopic (exact) mass is 326 g/mol. The highest BCUT2D eigenvalue weighted by Gasteiger charge is 2.34. The third-order valence-electron chi connectivity index (χ3n) is 3.69. The minimum Gasteiger partial charge on any atom is -0.267 e. The number of anilines is 1. The van der Waals surface area contributed by atoms with Crippen LogP contribution < -0.4 is 10.4 Å².